The van der Waals surface area contributed by atoms with Crippen LogP contribution in [0.4, 0.5) is 24.5 Å². The number of nitrogens with two attached hydrogens (primary N) is 1. The monoisotopic (exact) mass is 302 g/mol. The lowest BCUT2D eigenvalue weighted by molar-refractivity contribution is -0.141. The van der Waals surface area contributed by atoms with E-state index in [-0.39, 0.29) is 5.69 Å². The van der Waals surface area contributed by atoms with E-state index < -0.39 is 11.9 Å². The summed E-state index contributed by atoms with van der Waals surface area (Å²) in [6, 6.07) is 0.976. The number of nitrogens with one attached hydrogen (secondary N) is 1. The van der Waals surface area contributed by atoms with E-state index in [4.69, 9.17) is 5.73 Å². The molecule has 7 heteroatoms. The standard InChI is InChI=1S/C14H21F3N4/c1-21-6-3-10(4-7-21)2-5-19-12-8-13(14(15,16)17)20-9-11(12)18/h8-10H,2-7,18H2,1H3,(H,19,20). The fourth-order valence-electron chi connectivity index (χ4n) is 2.54. The van der Waals surface area contributed by atoms with Crippen molar-refractivity contribution in [2.24, 2.45) is 5.92 Å². The number of nitrogen functional groups attached to an aromatic ring is 1. The van der Waals surface area contributed by atoms with Crippen LogP contribution >= 0.6 is 0 Å². The summed E-state index contributed by atoms with van der Waals surface area (Å²) < 4.78 is 37.8. The lowest BCUT2D eigenvalue weighted by Crippen LogP contribution is -2.30. The number of piperidine rings is 1. The van der Waals surface area contributed by atoms with E-state index >= 15 is 0 Å². The molecule has 2 rings (SSSR count). The van der Waals surface area contributed by atoms with Gasteiger partial charge in [-0.15, -0.1) is 0 Å². The Labute approximate surface area is 122 Å². The summed E-state index contributed by atoms with van der Waals surface area (Å²) in [5, 5.41) is 3.01. The molecule has 1 aliphatic rings. The van der Waals surface area contributed by atoms with Gasteiger partial charge in [0.1, 0.15) is 5.69 Å². The van der Waals surface area contributed by atoms with Crippen molar-refractivity contribution in [3.8, 4) is 0 Å². The zero-order valence-electron chi connectivity index (χ0n) is 12.1. The highest BCUT2D eigenvalue weighted by Gasteiger charge is 2.32. The molecule has 1 aromatic rings. The molecule has 4 nitrogen and oxygen atoms in total. The number of hydrogen-bond acceptors (Lipinski definition) is 4. The molecular weight excluding hydrogens is 281 g/mol. The minimum absolute atomic E-state index is 0.242. The average Bonchev–Trinajstić information content (AvgIpc) is 2.42. The molecule has 0 atom stereocenters. The van der Waals surface area contributed by atoms with Crippen LogP contribution in [0.25, 0.3) is 0 Å². The number of alkyl halides is 3. The van der Waals surface area contributed by atoms with Gasteiger partial charge in [-0.05, 0) is 51.4 Å². The van der Waals surface area contributed by atoms with Gasteiger partial charge in [-0.3, -0.25) is 0 Å². The molecule has 1 aliphatic heterocycles. The molecule has 0 aromatic carbocycles. The van der Waals surface area contributed by atoms with Gasteiger partial charge in [0.15, 0.2) is 0 Å². The molecule has 0 unspecified atom stereocenters. The van der Waals surface area contributed by atoms with Crippen LogP contribution in [0.15, 0.2) is 12.3 Å². The summed E-state index contributed by atoms with van der Waals surface area (Å²) in [5.41, 5.74) is 5.31. The van der Waals surface area contributed by atoms with E-state index in [1.54, 1.807) is 0 Å². The van der Waals surface area contributed by atoms with Crippen molar-refractivity contribution in [1.82, 2.24) is 9.88 Å². The molecule has 21 heavy (non-hydrogen) atoms. The molecule has 0 spiro atoms. The highest BCUT2D eigenvalue weighted by Crippen LogP contribution is 2.31. The van der Waals surface area contributed by atoms with Crippen molar-refractivity contribution in [3.63, 3.8) is 0 Å². The van der Waals surface area contributed by atoms with Crippen LogP contribution in [-0.2, 0) is 6.18 Å². The fourth-order valence-corrected chi connectivity index (χ4v) is 2.54. The molecule has 0 radical (unpaired) electrons. The Morgan fingerprint density at radius 2 is 2.05 bits per heavy atom. The molecule has 0 amide bonds. The number of hydrogen-bond donors (Lipinski definition) is 2. The van der Waals surface area contributed by atoms with Gasteiger partial charge in [0.2, 0.25) is 0 Å². The topological polar surface area (TPSA) is 54.2 Å². The largest absolute Gasteiger partial charge is 0.433 e. The van der Waals surface area contributed by atoms with E-state index in [2.05, 4.69) is 22.2 Å². The molecular formula is C14H21F3N4. The summed E-state index contributed by atoms with van der Waals surface area (Å²) in [6.07, 6.45) is -0.175. The number of nitrogens with zero attached hydrogens (tertiary/aromatic N) is 2. The maximum atomic E-state index is 12.6. The maximum Gasteiger partial charge on any atom is 0.433 e. The van der Waals surface area contributed by atoms with Gasteiger partial charge in [-0.2, -0.15) is 13.2 Å². The molecule has 0 aliphatic carbocycles. The van der Waals surface area contributed by atoms with Crippen molar-refractivity contribution in [1.29, 1.82) is 0 Å². The zero-order valence-corrected chi connectivity index (χ0v) is 12.1. The van der Waals surface area contributed by atoms with Crippen LogP contribution in [0, 0.1) is 5.92 Å². The Morgan fingerprint density at radius 3 is 2.67 bits per heavy atom. The lowest BCUT2D eigenvalue weighted by Gasteiger charge is -2.29. The fraction of sp³-hybridized carbons (Fsp3) is 0.643. The van der Waals surface area contributed by atoms with E-state index in [0.29, 0.717) is 18.2 Å². The SMILES string of the molecule is CN1CCC(CCNc2cc(C(F)(F)F)ncc2N)CC1. The Kier molecular flexibility index (Phi) is 4.92. The lowest BCUT2D eigenvalue weighted by atomic mass is 9.94. The molecule has 1 fully saturated rings. The van der Waals surface area contributed by atoms with Crippen LogP contribution < -0.4 is 11.1 Å². The van der Waals surface area contributed by atoms with E-state index in [0.717, 1.165) is 44.6 Å². The van der Waals surface area contributed by atoms with E-state index in [1.807, 2.05) is 0 Å². The first kappa shape index (κ1) is 15.9. The van der Waals surface area contributed by atoms with Gasteiger partial charge in [-0.25, -0.2) is 4.98 Å². The summed E-state index contributed by atoms with van der Waals surface area (Å²) in [6.45, 7) is 2.79. The van der Waals surface area contributed by atoms with Crippen molar-refractivity contribution >= 4 is 11.4 Å². The van der Waals surface area contributed by atoms with Gasteiger partial charge < -0.3 is 16.0 Å². The molecule has 1 saturated heterocycles. The predicted octanol–water partition coefficient (Wildman–Crippen LogP) is 2.83. The van der Waals surface area contributed by atoms with Crippen molar-refractivity contribution in [2.45, 2.75) is 25.4 Å². The third kappa shape index (κ3) is 4.49. The van der Waals surface area contributed by atoms with Crippen molar-refractivity contribution < 1.29 is 13.2 Å². The number of pyridine rings is 1. The number of rotatable bonds is 4. The van der Waals surface area contributed by atoms with Crippen LogP contribution in [0.1, 0.15) is 25.0 Å². The maximum absolute atomic E-state index is 12.6. The first-order valence-electron chi connectivity index (χ1n) is 7.11. The molecule has 3 N–H and O–H groups in total. The summed E-state index contributed by atoms with van der Waals surface area (Å²) in [5.74, 6) is 0.624. The Hall–Kier alpha value is -1.50. The average molecular weight is 302 g/mol. The van der Waals surface area contributed by atoms with Gasteiger partial charge in [0, 0.05) is 6.54 Å². The minimum atomic E-state index is -4.45. The third-order valence-corrected chi connectivity index (χ3v) is 3.93. The first-order chi connectivity index (χ1) is 9.86. The second-order valence-corrected chi connectivity index (χ2v) is 5.62. The Morgan fingerprint density at radius 1 is 1.38 bits per heavy atom. The molecule has 0 bridgehead atoms. The smallest absolute Gasteiger partial charge is 0.396 e. The highest BCUT2D eigenvalue weighted by atomic mass is 19.4. The number of anilines is 2. The second kappa shape index (κ2) is 6.51. The Bertz CT molecular complexity index is 468. The highest BCUT2D eigenvalue weighted by molar-refractivity contribution is 5.65. The van der Waals surface area contributed by atoms with Gasteiger partial charge >= 0.3 is 6.18 Å². The molecule has 118 valence electrons. The molecule has 2 heterocycles. The van der Waals surface area contributed by atoms with Crippen molar-refractivity contribution in [2.75, 3.05) is 37.7 Å². The first-order valence-corrected chi connectivity index (χ1v) is 7.11. The normalized spacial score (nSPS) is 17.9. The van der Waals surface area contributed by atoms with Crippen LogP contribution in [-0.4, -0.2) is 36.6 Å². The van der Waals surface area contributed by atoms with E-state index in [1.165, 1.54) is 0 Å². The predicted molar refractivity (Wildman–Crippen MR) is 77.0 cm³/mol. The zero-order chi connectivity index (χ0) is 15.5. The van der Waals surface area contributed by atoms with Crippen LogP contribution in [0.3, 0.4) is 0 Å². The summed E-state index contributed by atoms with van der Waals surface area (Å²) in [7, 11) is 2.10. The van der Waals surface area contributed by atoms with Gasteiger partial charge in [0.25, 0.3) is 0 Å². The van der Waals surface area contributed by atoms with E-state index in [9.17, 15) is 13.2 Å². The van der Waals surface area contributed by atoms with Crippen LogP contribution in [0.5, 0.6) is 0 Å². The van der Waals surface area contributed by atoms with Gasteiger partial charge in [-0.1, -0.05) is 0 Å². The second-order valence-electron chi connectivity index (χ2n) is 5.62. The third-order valence-electron chi connectivity index (χ3n) is 3.93. The van der Waals surface area contributed by atoms with Crippen molar-refractivity contribution in [3.05, 3.63) is 18.0 Å². The summed E-state index contributed by atoms with van der Waals surface area (Å²) in [4.78, 5) is 5.61. The molecule has 1 aromatic heterocycles. The minimum Gasteiger partial charge on any atom is -0.396 e. The number of likely N-dealkylation sites (tertiary alicyclic amines) is 1. The quantitative estimate of drug-likeness (QED) is 0.898. The molecule has 0 saturated carbocycles. The number of halogens is 3. The number of aromatic nitrogens is 1. The summed E-state index contributed by atoms with van der Waals surface area (Å²) >= 11 is 0. The van der Waals surface area contributed by atoms with Gasteiger partial charge in [0.05, 0.1) is 17.6 Å². The van der Waals surface area contributed by atoms with Crippen LogP contribution in [0.2, 0.25) is 0 Å². The Balaban J connectivity index is 1.88.